The van der Waals surface area contributed by atoms with Crippen molar-refractivity contribution in [2.75, 3.05) is 5.75 Å². The van der Waals surface area contributed by atoms with E-state index in [-0.39, 0.29) is 5.75 Å². The van der Waals surface area contributed by atoms with E-state index in [0.717, 1.165) is 30.5 Å². The molecule has 116 valence electrons. The van der Waals surface area contributed by atoms with Crippen LogP contribution in [0.2, 0.25) is 0 Å². The number of nitrogens with zero attached hydrogens (tertiary/aromatic N) is 1. The molecule has 6 heteroatoms. The first kappa shape index (κ1) is 16.2. The van der Waals surface area contributed by atoms with E-state index >= 15 is 0 Å². The predicted molar refractivity (Wildman–Crippen MR) is 99.0 cm³/mol. The van der Waals surface area contributed by atoms with E-state index in [9.17, 15) is 4.79 Å². The molecule has 0 amide bonds. The Bertz CT molecular complexity index is 816. The highest BCUT2D eigenvalue weighted by molar-refractivity contribution is 9.10. The number of benzene rings is 2. The molecule has 0 saturated carbocycles. The first-order chi connectivity index (χ1) is 11.1. The summed E-state index contributed by atoms with van der Waals surface area (Å²) in [5.41, 5.74) is 3.00. The molecular formula is C17H12BrNO2S2. The van der Waals surface area contributed by atoms with Crippen molar-refractivity contribution in [1.82, 2.24) is 4.98 Å². The van der Waals surface area contributed by atoms with Crippen LogP contribution in [0, 0.1) is 0 Å². The largest absolute Gasteiger partial charge is 0.481 e. The molecule has 1 N–H and O–H groups in total. The summed E-state index contributed by atoms with van der Waals surface area (Å²) in [5, 5.41) is 8.87. The summed E-state index contributed by atoms with van der Waals surface area (Å²) in [6.45, 7) is 0. The molecule has 0 bridgehead atoms. The fourth-order valence-electron chi connectivity index (χ4n) is 2.07. The minimum absolute atomic E-state index is 0.0154. The van der Waals surface area contributed by atoms with Gasteiger partial charge in [-0.05, 0) is 17.7 Å². The molecule has 0 saturated heterocycles. The van der Waals surface area contributed by atoms with Crippen molar-refractivity contribution in [3.05, 3.63) is 59.1 Å². The van der Waals surface area contributed by atoms with Crippen LogP contribution in [-0.2, 0) is 4.79 Å². The first-order valence-electron chi connectivity index (χ1n) is 6.80. The van der Waals surface area contributed by atoms with Crippen LogP contribution in [0.25, 0.3) is 21.7 Å². The van der Waals surface area contributed by atoms with E-state index < -0.39 is 5.97 Å². The molecule has 1 aromatic heterocycles. The van der Waals surface area contributed by atoms with Gasteiger partial charge in [-0.15, -0.1) is 11.3 Å². The maximum Gasteiger partial charge on any atom is 0.313 e. The monoisotopic (exact) mass is 405 g/mol. The lowest BCUT2D eigenvalue weighted by Crippen LogP contribution is -1.96. The Morgan fingerprint density at radius 1 is 1.09 bits per heavy atom. The van der Waals surface area contributed by atoms with Crippen LogP contribution in [0.5, 0.6) is 0 Å². The van der Waals surface area contributed by atoms with Crippen LogP contribution in [0.4, 0.5) is 0 Å². The Morgan fingerprint density at radius 2 is 1.78 bits per heavy atom. The molecule has 0 aliphatic carbocycles. The highest BCUT2D eigenvalue weighted by atomic mass is 79.9. The Morgan fingerprint density at radius 3 is 2.43 bits per heavy atom. The van der Waals surface area contributed by atoms with Gasteiger partial charge in [-0.3, -0.25) is 4.79 Å². The third-order valence-electron chi connectivity index (χ3n) is 3.08. The number of thioether (sulfide) groups is 1. The maximum absolute atomic E-state index is 10.8. The van der Waals surface area contributed by atoms with Crippen LogP contribution < -0.4 is 0 Å². The molecule has 0 aliphatic rings. The van der Waals surface area contributed by atoms with Crippen LogP contribution in [0.3, 0.4) is 0 Å². The van der Waals surface area contributed by atoms with Crippen LogP contribution in [-0.4, -0.2) is 21.8 Å². The van der Waals surface area contributed by atoms with Crippen LogP contribution >= 0.6 is 39.0 Å². The summed E-state index contributed by atoms with van der Waals surface area (Å²) in [6, 6.07) is 18.0. The molecule has 0 atom stereocenters. The summed E-state index contributed by atoms with van der Waals surface area (Å²) in [4.78, 5) is 16.5. The number of hydrogen-bond donors (Lipinski definition) is 1. The zero-order chi connectivity index (χ0) is 16.2. The van der Waals surface area contributed by atoms with Crippen LogP contribution in [0.1, 0.15) is 0 Å². The second kappa shape index (κ2) is 7.29. The number of hydrogen-bond acceptors (Lipinski definition) is 4. The number of aliphatic carboxylic acids is 1. The lowest BCUT2D eigenvalue weighted by atomic mass is 10.1. The highest BCUT2D eigenvalue weighted by Crippen LogP contribution is 2.40. The summed E-state index contributed by atoms with van der Waals surface area (Å²) in [5.74, 6) is -0.821. The smallest absolute Gasteiger partial charge is 0.313 e. The van der Waals surface area contributed by atoms with E-state index in [2.05, 4.69) is 20.9 Å². The van der Waals surface area contributed by atoms with E-state index in [1.54, 1.807) is 0 Å². The summed E-state index contributed by atoms with van der Waals surface area (Å²) in [6.07, 6.45) is 0. The molecule has 23 heavy (non-hydrogen) atoms. The number of rotatable bonds is 5. The van der Waals surface area contributed by atoms with E-state index in [0.29, 0.717) is 0 Å². The van der Waals surface area contributed by atoms with Crippen molar-refractivity contribution in [3.8, 4) is 21.7 Å². The lowest BCUT2D eigenvalue weighted by molar-refractivity contribution is -0.133. The number of aromatic nitrogens is 1. The Balaban J connectivity index is 2.05. The molecule has 0 aliphatic heterocycles. The standard InChI is InChI=1S/C17H12BrNO2S2/c18-13-8-6-12(7-9-13)16-15(11-4-2-1-3-5-11)19-17(23-16)22-10-14(20)21/h1-9H,10H2,(H,20,21). The van der Waals surface area contributed by atoms with Crippen molar-refractivity contribution < 1.29 is 9.90 Å². The van der Waals surface area contributed by atoms with Gasteiger partial charge in [-0.25, -0.2) is 4.98 Å². The second-order valence-electron chi connectivity index (χ2n) is 4.71. The Labute approximate surface area is 150 Å². The first-order valence-corrected chi connectivity index (χ1v) is 9.40. The predicted octanol–water partition coefficient (Wildman–Crippen LogP) is 5.42. The Hall–Kier alpha value is -1.63. The molecule has 3 nitrogen and oxygen atoms in total. The minimum Gasteiger partial charge on any atom is -0.481 e. The molecule has 0 unspecified atom stereocenters. The average Bonchev–Trinajstić information content (AvgIpc) is 2.99. The quantitative estimate of drug-likeness (QED) is 0.575. The minimum atomic E-state index is -0.836. The number of carboxylic acid groups (broad SMARTS) is 1. The van der Waals surface area contributed by atoms with Gasteiger partial charge in [0, 0.05) is 10.0 Å². The molecular weight excluding hydrogens is 394 g/mol. The SMILES string of the molecule is O=C(O)CSc1nc(-c2ccccc2)c(-c2ccc(Br)cc2)s1. The average molecular weight is 406 g/mol. The van der Waals surface area contributed by atoms with Gasteiger partial charge < -0.3 is 5.11 Å². The van der Waals surface area contributed by atoms with Crippen molar-refractivity contribution >= 4 is 45.0 Å². The third-order valence-corrected chi connectivity index (χ3v) is 5.84. The summed E-state index contributed by atoms with van der Waals surface area (Å²) in [7, 11) is 0. The van der Waals surface area contributed by atoms with E-state index in [1.807, 2.05) is 54.6 Å². The third kappa shape index (κ3) is 4.02. The normalized spacial score (nSPS) is 10.7. The second-order valence-corrected chi connectivity index (χ2v) is 7.85. The zero-order valence-corrected chi connectivity index (χ0v) is 15.1. The van der Waals surface area contributed by atoms with Gasteiger partial charge in [0.15, 0.2) is 4.34 Å². The van der Waals surface area contributed by atoms with Gasteiger partial charge in [-0.1, -0.05) is 70.2 Å². The van der Waals surface area contributed by atoms with Gasteiger partial charge in [-0.2, -0.15) is 0 Å². The topological polar surface area (TPSA) is 50.2 Å². The highest BCUT2D eigenvalue weighted by Gasteiger charge is 2.15. The zero-order valence-electron chi connectivity index (χ0n) is 11.9. The van der Waals surface area contributed by atoms with Gasteiger partial charge in [0.25, 0.3) is 0 Å². The molecule has 3 rings (SSSR count). The van der Waals surface area contributed by atoms with E-state index in [4.69, 9.17) is 5.11 Å². The number of carboxylic acids is 1. The van der Waals surface area contributed by atoms with E-state index in [1.165, 1.54) is 23.1 Å². The summed E-state index contributed by atoms with van der Waals surface area (Å²) >= 11 is 6.23. The van der Waals surface area contributed by atoms with Crippen molar-refractivity contribution in [2.24, 2.45) is 0 Å². The van der Waals surface area contributed by atoms with Gasteiger partial charge in [0.1, 0.15) is 0 Å². The van der Waals surface area contributed by atoms with Gasteiger partial charge >= 0.3 is 5.97 Å². The van der Waals surface area contributed by atoms with Crippen LogP contribution in [0.15, 0.2) is 63.4 Å². The lowest BCUT2D eigenvalue weighted by Gasteiger charge is -2.02. The van der Waals surface area contributed by atoms with Crippen molar-refractivity contribution in [1.29, 1.82) is 0 Å². The number of thiazole rings is 1. The maximum atomic E-state index is 10.8. The summed E-state index contributed by atoms with van der Waals surface area (Å²) < 4.78 is 1.79. The number of halogens is 1. The molecule has 0 radical (unpaired) electrons. The molecule has 0 spiro atoms. The fraction of sp³-hybridized carbons (Fsp3) is 0.0588. The molecule has 2 aromatic carbocycles. The molecule has 1 heterocycles. The van der Waals surface area contributed by atoms with Gasteiger partial charge in [0.2, 0.25) is 0 Å². The number of carbonyl (C=O) groups is 1. The van der Waals surface area contributed by atoms with Crippen molar-refractivity contribution in [2.45, 2.75) is 4.34 Å². The van der Waals surface area contributed by atoms with Gasteiger partial charge in [0.05, 0.1) is 16.3 Å². The fourth-order valence-corrected chi connectivity index (χ4v) is 4.23. The Kier molecular flexibility index (Phi) is 5.15. The molecule has 3 aromatic rings. The molecule has 0 fully saturated rings. The van der Waals surface area contributed by atoms with Crippen molar-refractivity contribution in [3.63, 3.8) is 0 Å².